The second-order valence-corrected chi connectivity index (χ2v) is 9.11. The monoisotopic (exact) mass is 392 g/mol. The molecule has 0 fully saturated rings. The SMILES string of the molecule is CS(=O)(=O)c1ccc(-c2sc(-c3ccccc3)nc2-c2ccncc2)cc1. The molecule has 0 aliphatic heterocycles. The van der Waals surface area contributed by atoms with Crippen molar-refractivity contribution in [1.29, 1.82) is 0 Å². The van der Waals surface area contributed by atoms with E-state index in [1.807, 2.05) is 54.6 Å². The average Bonchev–Trinajstić information content (AvgIpc) is 3.14. The lowest BCUT2D eigenvalue weighted by molar-refractivity contribution is 0.602. The summed E-state index contributed by atoms with van der Waals surface area (Å²) in [6.07, 6.45) is 4.70. The van der Waals surface area contributed by atoms with Crippen molar-refractivity contribution in [1.82, 2.24) is 9.97 Å². The molecule has 2 aromatic heterocycles. The Morgan fingerprint density at radius 3 is 2.07 bits per heavy atom. The molecule has 0 saturated heterocycles. The molecule has 4 rings (SSSR count). The van der Waals surface area contributed by atoms with E-state index in [1.54, 1.807) is 35.9 Å². The molecule has 134 valence electrons. The van der Waals surface area contributed by atoms with Crippen LogP contribution < -0.4 is 0 Å². The Bertz CT molecular complexity index is 1170. The largest absolute Gasteiger partial charge is 0.265 e. The Labute approximate surface area is 162 Å². The second kappa shape index (κ2) is 7.06. The lowest BCUT2D eigenvalue weighted by atomic mass is 10.1. The lowest BCUT2D eigenvalue weighted by Crippen LogP contribution is -1.96. The number of rotatable bonds is 4. The first-order chi connectivity index (χ1) is 13.0. The topological polar surface area (TPSA) is 59.9 Å². The molecule has 2 heterocycles. The Morgan fingerprint density at radius 1 is 0.778 bits per heavy atom. The van der Waals surface area contributed by atoms with Gasteiger partial charge in [-0.1, -0.05) is 42.5 Å². The van der Waals surface area contributed by atoms with Crippen molar-refractivity contribution in [3.63, 3.8) is 0 Å². The summed E-state index contributed by atoms with van der Waals surface area (Å²) in [6, 6.07) is 20.8. The van der Waals surface area contributed by atoms with Crippen molar-refractivity contribution >= 4 is 21.2 Å². The predicted octanol–water partition coefficient (Wildman–Crippen LogP) is 4.94. The highest BCUT2D eigenvalue weighted by Crippen LogP contribution is 2.40. The first kappa shape index (κ1) is 17.6. The van der Waals surface area contributed by atoms with Gasteiger partial charge in [0.2, 0.25) is 0 Å². The van der Waals surface area contributed by atoms with E-state index in [0.29, 0.717) is 4.90 Å². The molecule has 0 bridgehead atoms. The molecule has 0 N–H and O–H groups in total. The summed E-state index contributed by atoms with van der Waals surface area (Å²) in [4.78, 5) is 10.3. The highest BCUT2D eigenvalue weighted by atomic mass is 32.2. The van der Waals surface area contributed by atoms with Crippen LogP contribution in [0.3, 0.4) is 0 Å². The molecule has 27 heavy (non-hydrogen) atoms. The van der Waals surface area contributed by atoms with E-state index >= 15 is 0 Å². The number of nitrogens with zero attached hydrogens (tertiary/aromatic N) is 2. The number of thiazole rings is 1. The fraction of sp³-hybridized carbons (Fsp3) is 0.0476. The summed E-state index contributed by atoms with van der Waals surface area (Å²) in [5, 5.41) is 0.921. The molecule has 4 nitrogen and oxygen atoms in total. The van der Waals surface area contributed by atoms with Crippen molar-refractivity contribution in [3.8, 4) is 32.3 Å². The number of benzene rings is 2. The van der Waals surface area contributed by atoms with E-state index in [-0.39, 0.29) is 0 Å². The molecule has 0 atom stereocenters. The molecule has 0 spiro atoms. The van der Waals surface area contributed by atoms with Gasteiger partial charge >= 0.3 is 0 Å². The maximum absolute atomic E-state index is 11.7. The number of hydrogen-bond acceptors (Lipinski definition) is 5. The van der Waals surface area contributed by atoms with Gasteiger partial charge in [-0.15, -0.1) is 11.3 Å². The predicted molar refractivity (Wildman–Crippen MR) is 109 cm³/mol. The van der Waals surface area contributed by atoms with Gasteiger partial charge in [0.15, 0.2) is 9.84 Å². The number of sulfone groups is 1. The summed E-state index contributed by atoms with van der Waals surface area (Å²) >= 11 is 1.59. The average molecular weight is 393 g/mol. The molecule has 2 aromatic carbocycles. The summed E-state index contributed by atoms with van der Waals surface area (Å²) in [5.41, 5.74) is 3.84. The van der Waals surface area contributed by atoms with Gasteiger partial charge in [0.05, 0.1) is 15.5 Å². The quantitative estimate of drug-likeness (QED) is 0.493. The van der Waals surface area contributed by atoms with E-state index in [9.17, 15) is 8.42 Å². The molecule has 6 heteroatoms. The van der Waals surface area contributed by atoms with Gasteiger partial charge < -0.3 is 0 Å². The second-order valence-electron chi connectivity index (χ2n) is 6.10. The summed E-state index contributed by atoms with van der Waals surface area (Å²) in [6.45, 7) is 0. The molecule has 0 aliphatic carbocycles. The Morgan fingerprint density at radius 2 is 1.44 bits per heavy atom. The third-order valence-electron chi connectivity index (χ3n) is 4.15. The van der Waals surface area contributed by atoms with Crippen LogP contribution in [-0.2, 0) is 9.84 Å². The van der Waals surface area contributed by atoms with E-state index in [1.165, 1.54) is 6.26 Å². The lowest BCUT2D eigenvalue weighted by Gasteiger charge is -2.04. The van der Waals surface area contributed by atoms with Crippen LogP contribution in [0.25, 0.3) is 32.3 Å². The van der Waals surface area contributed by atoms with E-state index in [2.05, 4.69) is 4.98 Å². The fourth-order valence-corrected chi connectivity index (χ4v) is 4.51. The van der Waals surface area contributed by atoms with Gasteiger partial charge in [0.1, 0.15) is 5.01 Å². The minimum atomic E-state index is -3.22. The normalized spacial score (nSPS) is 11.4. The fourth-order valence-electron chi connectivity index (χ4n) is 2.78. The number of hydrogen-bond donors (Lipinski definition) is 0. The Hall–Kier alpha value is -2.83. The molecule has 0 saturated carbocycles. The summed E-state index contributed by atoms with van der Waals surface area (Å²) < 4.78 is 23.5. The Balaban J connectivity index is 1.87. The number of pyridine rings is 1. The van der Waals surface area contributed by atoms with Crippen LogP contribution in [0.15, 0.2) is 84.0 Å². The zero-order valence-electron chi connectivity index (χ0n) is 14.5. The Kier molecular flexibility index (Phi) is 4.59. The first-order valence-electron chi connectivity index (χ1n) is 8.29. The van der Waals surface area contributed by atoms with E-state index in [0.717, 1.165) is 32.3 Å². The van der Waals surface area contributed by atoms with Crippen molar-refractivity contribution in [3.05, 3.63) is 79.1 Å². The third kappa shape index (κ3) is 3.67. The van der Waals surface area contributed by atoms with Crippen LogP contribution in [0, 0.1) is 0 Å². The summed E-state index contributed by atoms with van der Waals surface area (Å²) in [5.74, 6) is 0. The maximum Gasteiger partial charge on any atom is 0.175 e. The molecule has 0 aliphatic rings. The van der Waals surface area contributed by atoms with Crippen LogP contribution in [-0.4, -0.2) is 24.6 Å². The summed E-state index contributed by atoms with van der Waals surface area (Å²) in [7, 11) is -3.22. The van der Waals surface area contributed by atoms with Gasteiger partial charge in [-0.2, -0.15) is 0 Å². The molecule has 4 aromatic rings. The van der Waals surface area contributed by atoms with Crippen LogP contribution in [0.5, 0.6) is 0 Å². The zero-order valence-corrected chi connectivity index (χ0v) is 16.2. The van der Waals surface area contributed by atoms with Gasteiger partial charge in [-0.3, -0.25) is 4.98 Å². The molecule has 0 amide bonds. The standard InChI is InChI=1S/C21H16N2O2S2/c1-27(24,25)18-9-7-16(8-10-18)20-19(15-11-13-22-14-12-15)23-21(26-20)17-5-3-2-4-6-17/h2-14H,1H3. The molecule has 0 radical (unpaired) electrons. The van der Waals surface area contributed by atoms with Gasteiger partial charge in [-0.05, 0) is 29.8 Å². The van der Waals surface area contributed by atoms with Crippen LogP contribution in [0.2, 0.25) is 0 Å². The van der Waals surface area contributed by atoms with Gasteiger partial charge in [0, 0.05) is 29.8 Å². The van der Waals surface area contributed by atoms with E-state index in [4.69, 9.17) is 4.98 Å². The molecular weight excluding hydrogens is 376 g/mol. The third-order valence-corrected chi connectivity index (χ3v) is 6.43. The van der Waals surface area contributed by atoms with Crippen molar-refractivity contribution in [2.24, 2.45) is 0 Å². The van der Waals surface area contributed by atoms with Gasteiger partial charge in [0.25, 0.3) is 0 Å². The van der Waals surface area contributed by atoms with Gasteiger partial charge in [-0.25, -0.2) is 13.4 Å². The highest BCUT2D eigenvalue weighted by molar-refractivity contribution is 7.90. The smallest absolute Gasteiger partial charge is 0.175 e. The van der Waals surface area contributed by atoms with Crippen LogP contribution >= 0.6 is 11.3 Å². The van der Waals surface area contributed by atoms with Crippen molar-refractivity contribution in [2.75, 3.05) is 6.26 Å². The minimum absolute atomic E-state index is 0.310. The van der Waals surface area contributed by atoms with Crippen molar-refractivity contribution in [2.45, 2.75) is 4.90 Å². The molecule has 0 unspecified atom stereocenters. The maximum atomic E-state index is 11.7. The van der Waals surface area contributed by atoms with Crippen LogP contribution in [0.1, 0.15) is 0 Å². The van der Waals surface area contributed by atoms with Crippen molar-refractivity contribution < 1.29 is 8.42 Å². The number of aromatic nitrogens is 2. The zero-order chi connectivity index (χ0) is 18.9. The van der Waals surface area contributed by atoms with Crippen LogP contribution in [0.4, 0.5) is 0 Å². The van der Waals surface area contributed by atoms with E-state index < -0.39 is 9.84 Å². The first-order valence-corrected chi connectivity index (χ1v) is 11.0. The highest BCUT2D eigenvalue weighted by Gasteiger charge is 2.17. The minimum Gasteiger partial charge on any atom is -0.265 e. The molecular formula is C21H16N2O2S2.